The first-order valence-electron chi connectivity index (χ1n) is 7.98. The molecule has 0 radical (unpaired) electrons. The van der Waals surface area contributed by atoms with Crippen LogP contribution in [-0.4, -0.2) is 44.6 Å². The van der Waals surface area contributed by atoms with Crippen molar-refractivity contribution in [3.63, 3.8) is 0 Å². The van der Waals surface area contributed by atoms with Crippen molar-refractivity contribution in [1.82, 2.24) is 14.5 Å². The van der Waals surface area contributed by atoms with Crippen LogP contribution in [0.25, 0.3) is 0 Å². The van der Waals surface area contributed by atoms with Gasteiger partial charge in [-0.3, -0.25) is 4.90 Å². The Hall–Kier alpha value is -0.480. The fourth-order valence-electron chi connectivity index (χ4n) is 3.02. The first-order valence-corrected chi connectivity index (χ1v) is 9.03. The molecule has 4 heteroatoms. The molecule has 1 aliphatic heterocycles. The molecule has 20 heavy (non-hydrogen) atoms. The number of likely N-dealkylation sites (tertiary alicyclic amines) is 1. The summed E-state index contributed by atoms with van der Waals surface area (Å²) in [5.74, 6) is 2.50. The highest BCUT2D eigenvalue weighted by Crippen LogP contribution is 2.22. The molecule has 114 valence electrons. The maximum absolute atomic E-state index is 4.45. The summed E-state index contributed by atoms with van der Waals surface area (Å²) in [4.78, 5) is 7.17. The SMILES string of the molecule is CC(C)SCCN1CCCC[C@@H]1CCc1nccn1C. The molecule has 1 fully saturated rings. The quantitative estimate of drug-likeness (QED) is 0.770. The Morgan fingerprint density at radius 3 is 2.95 bits per heavy atom. The number of piperidine rings is 1. The Labute approximate surface area is 128 Å². The molecule has 1 aliphatic rings. The van der Waals surface area contributed by atoms with Crippen molar-refractivity contribution in [1.29, 1.82) is 0 Å². The number of hydrogen-bond donors (Lipinski definition) is 0. The van der Waals surface area contributed by atoms with Crippen molar-refractivity contribution in [2.45, 2.75) is 57.2 Å². The van der Waals surface area contributed by atoms with Gasteiger partial charge in [0.1, 0.15) is 5.82 Å². The minimum absolute atomic E-state index is 0.755. The molecule has 1 atom stereocenters. The van der Waals surface area contributed by atoms with Crippen molar-refractivity contribution >= 4 is 11.8 Å². The number of imidazole rings is 1. The Balaban J connectivity index is 1.79. The highest BCUT2D eigenvalue weighted by atomic mass is 32.2. The van der Waals surface area contributed by atoms with E-state index in [1.54, 1.807) is 0 Å². The van der Waals surface area contributed by atoms with Gasteiger partial charge >= 0.3 is 0 Å². The van der Waals surface area contributed by atoms with E-state index in [2.05, 4.69) is 47.1 Å². The van der Waals surface area contributed by atoms with Gasteiger partial charge in [-0.1, -0.05) is 20.3 Å². The lowest BCUT2D eigenvalue weighted by molar-refractivity contribution is 0.149. The lowest BCUT2D eigenvalue weighted by Gasteiger charge is -2.35. The molecule has 0 aliphatic carbocycles. The number of aryl methyl sites for hydroxylation is 2. The summed E-state index contributed by atoms with van der Waals surface area (Å²) < 4.78 is 2.15. The molecule has 1 saturated heterocycles. The van der Waals surface area contributed by atoms with Crippen LogP contribution in [0, 0.1) is 0 Å². The van der Waals surface area contributed by atoms with Gasteiger partial charge in [0.2, 0.25) is 0 Å². The molecule has 0 aromatic carbocycles. The molecule has 0 saturated carbocycles. The monoisotopic (exact) mass is 295 g/mol. The summed E-state index contributed by atoms with van der Waals surface area (Å²) in [6.07, 6.45) is 10.5. The first-order chi connectivity index (χ1) is 9.66. The highest BCUT2D eigenvalue weighted by Gasteiger charge is 2.22. The van der Waals surface area contributed by atoms with Crippen molar-refractivity contribution in [3.8, 4) is 0 Å². The van der Waals surface area contributed by atoms with E-state index in [0.717, 1.165) is 17.7 Å². The Morgan fingerprint density at radius 1 is 1.40 bits per heavy atom. The molecule has 0 bridgehead atoms. The van der Waals surface area contributed by atoms with Crippen molar-refractivity contribution < 1.29 is 0 Å². The predicted octanol–water partition coefficient (Wildman–Crippen LogP) is 3.35. The molecular weight excluding hydrogens is 266 g/mol. The molecule has 0 spiro atoms. The molecular formula is C16H29N3S. The van der Waals surface area contributed by atoms with E-state index in [0.29, 0.717) is 0 Å². The minimum Gasteiger partial charge on any atom is -0.338 e. The van der Waals surface area contributed by atoms with Gasteiger partial charge in [-0.25, -0.2) is 4.98 Å². The second kappa shape index (κ2) is 8.08. The van der Waals surface area contributed by atoms with E-state index < -0.39 is 0 Å². The lowest BCUT2D eigenvalue weighted by atomic mass is 9.98. The molecule has 3 nitrogen and oxygen atoms in total. The fourth-order valence-corrected chi connectivity index (χ4v) is 3.83. The average molecular weight is 295 g/mol. The number of aromatic nitrogens is 2. The van der Waals surface area contributed by atoms with Crippen LogP contribution in [0.3, 0.4) is 0 Å². The van der Waals surface area contributed by atoms with Crippen LogP contribution in [0.5, 0.6) is 0 Å². The number of nitrogens with zero attached hydrogens (tertiary/aromatic N) is 3. The van der Waals surface area contributed by atoms with Gasteiger partial charge in [-0.2, -0.15) is 11.8 Å². The zero-order valence-electron chi connectivity index (χ0n) is 13.2. The van der Waals surface area contributed by atoms with Gasteiger partial charge < -0.3 is 4.57 Å². The topological polar surface area (TPSA) is 21.1 Å². The van der Waals surface area contributed by atoms with Gasteiger partial charge in [0.15, 0.2) is 0 Å². The van der Waals surface area contributed by atoms with Gasteiger partial charge in [0.25, 0.3) is 0 Å². The van der Waals surface area contributed by atoms with Crippen LogP contribution in [0.15, 0.2) is 12.4 Å². The predicted molar refractivity (Wildman–Crippen MR) is 88.3 cm³/mol. The lowest BCUT2D eigenvalue weighted by Crippen LogP contribution is -2.41. The third kappa shape index (κ3) is 4.81. The van der Waals surface area contributed by atoms with Crippen LogP contribution in [0.1, 0.15) is 45.4 Å². The maximum atomic E-state index is 4.45. The van der Waals surface area contributed by atoms with E-state index >= 15 is 0 Å². The van der Waals surface area contributed by atoms with E-state index in [1.165, 1.54) is 50.4 Å². The molecule has 0 amide bonds. The van der Waals surface area contributed by atoms with E-state index in [9.17, 15) is 0 Å². The Morgan fingerprint density at radius 2 is 2.25 bits per heavy atom. The third-order valence-electron chi connectivity index (χ3n) is 4.20. The molecule has 2 heterocycles. The van der Waals surface area contributed by atoms with Gasteiger partial charge in [0.05, 0.1) is 0 Å². The molecule has 0 unspecified atom stereocenters. The first kappa shape index (κ1) is 15.9. The summed E-state index contributed by atoms with van der Waals surface area (Å²) in [5, 5.41) is 0.755. The maximum Gasteiger partial charge on any atom is 0.108 e. The molecule has 1 aromatic rings. The highest BCUT2D eigenvalue weighted by molar-refractivity contribution is 7.99. The summed E-state index contributed by atoms with van der Waals surface area (Å²) in [5.41, 5.74) is 0. The average Bonchev–Trinajstić information content (AvgIpc) is 2.83. The molecule has 2 rings (SSSR count). The normalized spacial score (nSPS) is 20.7. The van der Waals surface area contributed by atoms with Crippen LogP contribution in [0.2, 0.25) is 0 Å². The van der Waals surface area contributed by atoms with Crippen molar-refractivity contribution in [2.75, 3.05) is 18.8 Å². The van der Waals surface area contributed by atoms with E-state index in [4.69, 9.17) is 0 Å². The standard InChI is InChI=1S/C16H29N3S/c1-14(2)20-13-12-19-10-5-4-6-15(19)7-8-16-17-9-11-18(16)3/h9,11,14-15H,4-8,10,12-13H2,1-3H3/t15-/m1/s1. The Bertz CT molecular complexity index is 389. The summed E-state index contributed by atoms with van der Waals surface area (Å²) in [7, 11) is 2.10. The number of thioether (sulfide) groups is 1. The zero-order chi connectivity index (χ0) is 14.4. The van der Waals surface area contributed by atoms with E-state index in [1.807, 2.05) is 12.4 Å². The zero-order valence-corrected chi connectivity index (χ0v) is 14.0. The minimum atomic E-state index is 0.755. The van der Waals surface area contributed by atoms with Crippen LogP contribution >= 0.6 is 11.8 Å². The summed E-state index contributed by atoms with van der Waals surface area (Å²) >= 11 is 2.09. The van der Waals surface area contributed by atoms with Crippen molar-refractivity contribution in [3.05, 3.63) is 18.2 Å². The van der Waals surface area contributed by atoms with Gasteiger partial charge in [0, 0.05) is 44.2 Å². The largest absolute Gasteiger partial charge is 0.338 e. The second-order valence-electron chi connectivity index (χ2n) is 6.10. The van der Waals surface area contributed by atoms with E-state index in [-0.39, 0.29) is 0 Å². The number of hydrogen-bond acceptors (Lipinski definition) is 3. The van der Waals surface area contributed by atoms with Crippen molar-refractivity contribution in [2.24, 2.45) is 7.05 Å². The smallest absolute Gasteiger partial charge is 0.108 e. The summed E-state index contributed by atoms with van der Waals surface area (Å²) in [6, 6.07) is 0.771. The second-order valence-corrected chi connectivity index (χ2v) is 7.78. The van der Waals surface area contributed by atoms with Crippen LogP contribution in [0.4, 0.5) is 0 Å². The van der Waals surface area contributed by atoms with Gasteiger partial charge in [-0.05, 0) is 31.1 Å². The Kier molecular flexibility index (Phi) is 6.43. The van der Waals surface area contributed by atoms with Gasteiger partial charge in [-0.15, -0.1) is 0 Å². The number of rotatable bonds is 7. The third-order valence-corrected chi connectivity index (χ3v) is 5.29. The van der Waals surface area contributed by atoms with Crippen LogP contribution in [-0.2, 0) is 13.5 Å². The summed E-state index contributed by atoms with van der Waals surface area (Å²) in [6.45, 7) is 7.14. The molecule has 0 N–H and O–H groups in total. The van der Waals surface area contributed by atoms with Crippen LogP contribution < -0.4 is 0 Å². The fraction of sp³-hybridized carbons (Fsp3) is 0.812. The molecule has 1 aromatic heterocycles.